The Bertz CT molecular complexity index is 693. The van der Waals surface area contributed by atoms with Gasteiger partial charge in [-0.25, -0.2) is 9.18 Å². The van der Waals surface area contributed by atoms with Crippen molar-refractivity contribution < 1.29 is 18.8 Å². The second kappa shape index (κ2) is 9.22. The summed E-state index contributed by atoms with van der Waals surface area (Å²) in [5, 5.41) is 4.85. The van der Waals surface area contributed by atoms with Gasteiger partial charge < -0.3 is 10.6 Å². The zero-order chi connectivity index (χ0) is 18.2. The van der Waals surface area contributed by atoms with Gasteiger partial charge in [0.1, 0.15) is 5.82 Å². The molecule has 1 aromatic carbocycles. The van der Waals surface area contributed by atoms with Crippen LogP contribution in [0.4, 0.5) is 14.0 Å². The third kappa shape index (κ3) is 5.32. The molecule has 134 valence electrons. The monoisotopic (exact) mass is 365 g/mol. The summed E-state index contributed by atoms with van der Waals surface area (Å²) in [5.41, 5.74) is 0.251. The van der Waals surface area contributed by atoms with E-state index in [2.05, 4.69) is 10.6 Å². The number of imide groups is 1. The molecule has 0 aromatic heterocycles. The first-order chi connectivity index (χ1) is 12.0. The molecule has 0 spiro atoms. The molecule has 1 heterocycles. The van der Waals surface area contributed by atoms with Crippen molar-refractivity contribution in [1.82, 2.24) is 15.5 Å². The third-order valence-corrected chi connectivity index (χ3v) is 4.41. The van der Waals surface area contributed by atoms with Crippen LogP contribution in [0.2, 0.25) is 0 Å². The number of amides is 4. The molecule has 0 radical (unpaired) electrons. The fourth-order valence-electron chi connectivity index (χ4n) is 2.15. The lowest BCUT2D eigenvalue weighted by Crippen LogP contribution is -2.41. The van der Waals surface area contributed by atoms with Crippen LogP contribution in [0.3, 0.4) is 0 Å². The van der Waals surface area contributed by atoms with Crippen molar-refractivity contribution in [3.63, 3.8) is 0 Å². The number of unbranched alkanes of at least 4 members (excludes halogenated alkanes) is 1. The molecule has 0 atom stereocenters. The van der Waals surface area contributed by atoms with Gasteiger partial charge in [-0.1, -0.05) is 31.5 Å². The number of benzene rings is 1. The number of urea groups is 1. The molecule has 4 amide bonds. The zero-order valence-corrected chi connectivity index (χ0v) is 14.7. The van der Waals surface area contributed by atoms with E-state index in [1.807, 2.05) is 6.92 Å². The molecule has 1 aliphatic heterocycles. The number of hydrogen-bond acceptors (Lipinski definition) is 4. The highest BCUT2D eigenvalue weighted by molar-refractivity contribution is 8.18. The van der Waals surface area contributed by atoms with Crippen LogP contribution in [0, 0.1) is 5.82 Å². The molecule has 1 aliphatic rings. The molecule has 0 bridgehead atoms. The first kappa shape index (κ1) is 19.0. The number of rotatable bonds is 7. The highest BCUT2D eigenvalue weighted by atomic mass is 32.2. The van der Waals surface area contributed by atoms with Crippen molar-refractivity contribution in [3.8, 4) is 0 Å². The third-order valence-electron chi connectivity index (χ3n) is 3.50. The molecule has 1 aromatic rings. The minimum atomic E-state index is -0.480. The normalized spacial score (nSPS) is 15.8. The van der Waals surface area contributed by atoms with Crippen LogP contribution in [0.1, 0.15) is 25.3 Å². The first-order valence-corrected chi connectivity index (χ1v) is 8.86. The summed E-state index contributed by atoms with van der Waals surface area (Å²) >= 11 is 0.765. The van der Waals surface area contributed by atoms with Gasteiger partial charge in [0.25, 0.3) is 11.1 Å². The lowest BCUT2D eigenvalue weighted by Gasteiger charge is -2.13. The Morgan fingerprint density at radius 3 is 2.68 bits per heavy atom. The van der Waals surface area contributed by atoms with Crippen LogP contribution >= 0.6 is 11.8 Å². The van der Waals surface area contributed by atoms with Gasteiger partial charge in [-0.2, -0.15) is 0 Å². The maximum absolute atomic E-state index is 13.7. The molecule has 0 unspecified atom stereocenters. The second-order valence-corrected chi connectivity index (χ2v) is 6.38. The van der Waals surface area contributed by atoms with Crippen LogP contribution in [0.25, 0.3) is 6.08 Å². The molecule has 0 aliphatic carbocycles. The quantitative estimate of drug-likeness (QED) is 0.575. The van der Waals surface area contributed by atoms with E-state index in [-0.39, 0.29) is 29.6 Å². The number of nitrogens with one attached hydrogen (secondary N) is 2. The van der Waals surface area contributed by atoms with Crippen molar-refractivity contribution in [2.24, 2.45) is 0 Å². The van der Waals surface area contributed by atoms with Crippen LogP contribution in [0.15, 0.2) is 29.2 Å². The van der Waals surface area contributed by atoms with E-state index >= 15 is 0 Å². The molecular weight excluding hydrogens is 345 g/mol. The Labute approximate surface area is 149 Å². The average Bonchev–Trinajstić information content (AvgIpc) is 2.84. The summed E-state index contributed by atoms with van der Waals surface area (Å²) in [7, 11) is 0. The molecule has 1 saturated heterocycles. The van der Waals surface area contributed by atoms with Crippen molar-refractivity contribution in [2.45, 2.75) is 19.8 Å². The molecule has 25 heavy (non-hydrogen) atoms. The standard InChI is InChI=1S/C17H20FN3O3S/c1-2-3-8-19-16(23)20-9-10-21-15(22)14(25-17(21)24)11-12-6-4-5-7-13(12)18/h4-7,11H,2-3,8-10H2,1H3,(H2,19,20,23). The Morgan fingerprint density at radius 2 is 1.96 bits per heavy atom. The highest BCUT2D eigenvalue weighted by Gasteiger charge is 2.34. The van der Waals surface area contributed by atoms with E-state index in [9.17, 15) is 18.8 Å². The largest absolute Gasteiger partial charge is 0.338 e. The summed E-state index contributed by atoms with van der Waals surface area (Å²) in [6.07, 6.45) is 3.23. The maximum Gasteiger partial charge on any atom is 0.314 e. The van der Waals surface area contributed by atoms with Gasteiger partial charge in [-0.3, -0.25) is 14.5 Å². The summed E-state index contributed by atoms with van der Waals surface area (Å²) < 4.78 is 13.7. The van der Waals surface area contributed by atoms with Crippen LogP contribution < -0.4 is 10.6 Å². The summed E-state index contributed by atoms with van der Waals surface area (Å²) in [6, 6.07) is 5.70. The summed E-state index contributed by atoms with van der Waals surface area (Å²) in [4.78, 5) is 37.0. The van der Waals surface area contributed by atoms with Crippen LogP contribution in [-0.2, 0) is 4.79 Å². The summed E-state index contributed by atoms with van der Waals surface area (Å²) in [5.74, 6) is -0.939. The summed E-state index contributed by atoms with van der Waals surface area (Å²) in [6.45, 7) is 2.83. The second-order valence-electron chi connectivity index (χ2n) is 5.39. The minimum absolute atomic E-state index is 0.0699. The fourth-order valence-corrected chi connectivity index (χ4v) is 3.00. The number of hydrogen-bond donors (Lipinski definition) is 2. The van der Waals surface area contributed by atoms with Crippen molar-refractivity contribution >= 4 is 35.0 Å². The van der Waals surface area contributed by atoms with E-state index in [0.29, 0.717) is 6.54 Å². The topological polar surface area (TPSA) is 78.5 Å². The fraction of sp³-hybridized carbons (Fsp3) is 0.353. The number of nitrogens with zero attached hydrogens (tertiary/aromatic N) is 1. The first-order valence-electron chi connectivity index (χ1n) is 8.04. The predicted octanol–water partition coefficient (Wildman–Crippen LogP) is 2.96. The highest BCUT2D eigenvalue weighted by Crippen LogP contribution is 2.32. The number of carbonyl (C=O) groups excluding carboxylic acids is 3. The Balaban J connectivity index is 1.89. The van der Waals surface area contributed by atoms with E-state index in [1.54, 1.807) is 12.1 Å². The van der Waals surface area contributed by atoms with Crippen molar-refractivity contribution in [1.29, 1.82) is 0 Å². The van der Waals surface area contributed by atoms with Gasteiger partial charge in [0.2, 0.25) is 0 Å². The molecule has 2 rings (SSSR count). The van der Waals surface area contributed by atoms with Gasteiger partial charge in [-0.15, -0.1) is 0 Å². The van der Waals surface area contributed by atoms with E-state index in [1.165, 1.54) is 18.2 Å². The molecule has 8 heteroatoms. The molecule has 2 N–H and O–H groups in total. The molecular formula is C17H20FN3O3S. The zero-order valence-electron chi connectivity index (χ0n) is 13.9. The molecule has 1 fully saturated rings. The smallest absolute Gasteiger partial charge is 0.314 e. The van der Waals surface area contributed by atoms with Crippen LogP contribution in [-0.4, -0.2) is 41.7 Å². The van der Waals surface area contributed by atoms with Gasteiger partial charge >= 0.3 is 6.03 Å². The minimum Gasteiger partial charge on any atom is -0.338 e. The SMILES string of the molecule is CCCCNC(=O)NCCN1C(=O)SC(=Cc2ccccc2F)C1=O. The predicted molar refractivity (Wildman–Crippen MR) is 95.4 cm³/mol. The number of carbonyl (C=O) groups is 3. The maximum atomic E-state index is 13.7. The number of thioether (sulfide) groups is 1. The van der Waals surface area contributed by atoms with Gasteiger partial charge in [0, 0.05) is 25.2 Å². The van der Waals surface area contributed by atoms with E-state index in [4.69, 9.17) is 0 Å². The van der Waals surface area contributed by atoms with Crippen molar-refractivity contribution in [3.05, 3.63) is 40.6 Å². The van der Waals surface area contributed by atoms with Crippen molar-refractivity contribution in [2.75, 3.05) is 19.6 Å². The lowest BCUT2D eigenvalue weighted by atomic mass is 10.2. The average molecular weight is 365 g/mol. The number of halogens is 1. The van der Waals surface area contributed by atoms with Gasteiger partial charge in [-0.05, 0) is 30.3 Å². The Morgan fingerprint density at radius 1 is 1.24 bits per heavy atom. The Kier molecular flexibility index (Phi) is 7.00. The van der Waals surface area contributed by atoms with Gasteiger partial charge in [0.05, 0.1) is 4.91 Å². The molecule has 0 saturated carbocycles. The van der Waals surface area contributed by atoms with Gasteiger partial charge in [0.15, 0.2) is 0 Å². The molecule has 6 nitrogen and oxygen atoms in total. The lowest BCUT2D eigenvalue weighted by molar-refractivity contribution is -0.122. The Hall–Kier alpha value is -2.35. The van der Waals surface area contributed by atoms with E-state index < -0.39 is 17.0 Å². The van der Waals surface area contributed by atoms with Crippen LogP contribution in [0.5, 0.6) is 0 Å². The van der Waals surface area contributed by atoms with E-state index in [0.717, 1.165) is 29.5 Å².